The maximum atomic E-state index is 12.4. The van der Waals surface area contributed by atoms with E-state index in [1.807, 2.05) is 29.2 Å². The lowest BCUT2D eigenvalue weighted by molar-refractivity contribution is -0.383. The van der Waals surface area contributed by atoms with Crippen molar-refractivity contribution in [2.45, 2.75) is 20.0 Å². The van der Waals surface area contributed by atoms with E-state index in [1.54, 1.807) is 25.3 Å². The van der Waals surface area contributed by atoms with Gasteiger partial charge in [0.05, 0.1) is 23.8 Å². The van der Waals surface area contributed by atoms with Crippen molar-refractivity contribution in [2.75, 3.05) is 55.9 Å². The highest BCUT2D eigenvalue weighted by Gasteiger charge is 2.33. The molecular formula is C26H29N7O6. The van der Waals surface area contributed by atoms with E-state index >= 15 is 0 Å². The number of benzene rings is 1. The number of anilines is 2. The molecule has 4 heterocycles. The van der Waals surface area contributed by atoms with Crippen molar-refractivity contribution >= 4 is 23.3 Å². The van der Waals surface area contributed by atoms with E-state index in [9.17, 15) is 14.9 Å². The highest BCUT2D eigenvalue weighted by molar-refractivity contribution is 5.79. The van der Waals surface area contributed by atoms with Gasteiger partial charge in [-0.2, -0.15) is 0 Å². The third kappa shape index (κ3) is 6.14. The van der Waals surface area contributed by atoms with Crippen molar-refractivity contribution in [3.63, 3.8) is 0 Å². The molecule has 1 saturated heterocycles. The number of fused-ring (bicyclic) bond motifs is 1. The second-order valence-corrected chi connectivity index (χ2v) is 9.06. The van der Waals surface area contributed by atoms with Crippen LogP contribution in [0, 0.1) is 10.1 Å². The van der Waals surface area contributed by atoms with Crippen molar-refractivity contribution in [3.05, 3.63) is 70.3 Å². The summed E-state index contributed by atoms with van der Waals surface area (Å²) < 4.78 is 16.0. The van der Waals surface area contributed by atoms with Gasteiger partial charge in [0.25, 0.3) is 0 Å². The van der Waals surface area contributed by atoms with E-state index in [0.717, 1.165) is 23.6 Å². The highest BCUT2D eigenvalue weighted by atomic mass is 16.7. The number of rotatable bonds is 10. The summed E-state index contributed by atoms with van der Waals surface area (Å²) in [5.41, 5.74) is 1.49. The molecule has 0 amide bonds. The molecule has 0 spiro atoms. The summed E-state index contributed by atoms with van der Waals surface area (Å²) in [6, 6.07) is 11.3. The van der Waals surface area contributed by atoms with Crippen LogP contribution in [0.2, 0.25) is 0 Å². The first kappa shape index (κ1) is 26.1. The van der Waals surface area contributed by atoms with Gasteiger partial charge in [-0.05, 0) is 36.8 Å². The molecule has 0 bridgehead atoms. The van der Waals surface area contributed by atoms with Gasteiger partial charge < -0.3 is 24.0 Å². The Kier molecular flexibility index (Phi) is 7.96. The average Bonchev–Trinajstić information content (AvgIpc) is 3.41. The molecule has 0 saturated carbocycles. The number of piperazine rings is 1. The van der Waals surface area contributed by atoms with Gasteiger partial charge in [0.1, 0.15) is 12.9 Å². The van der Waals surface area contributed by atoms with Crippen LogP contribution in [-0.2, 0) is 22.6 Å². The van der Waals surface area contributed by atoms with E-state index < -0.39 is 10.9 Å². The first-order valence-electron chi connectivity index (χ1n) is 12.7. The number of carbonyl (C=O) groups excluding carboxylic acids is 1. The van der Waals surface area contributed by atoms with Crippen molar-refractivity contribution in [1.82, 2.24) is 19.9 Å². The van der Waals surface area contributed by atoms with E-state index in [1.165, 1.54) is 11.2 Å². The summed E-state index contributed by atoms with van der Waals surface area (Å²) >= 11 is 0. The van der Waals surface area contributed by atoms with Crippen LogP contribution in [0.4, 0.5) is 17.3 Å². The Labute approximate surface area is 225 Å². The quantitative estimate of drug-likeness (QED) is 0.214. The predicted octanol–water partition coefficient (Wildman–Crippen LogP) is 2.40. The van der Waals surface area contributed by atoms with Crippen LogP contribution in [-0.4, -0.2) is 76.9 Å². The fraction of sp³-hybridized carbons (Fsp3) is 0.385. The minimum Gasteiger partial charge on any atom is -0.465 e. The topological polar surface area (TPSA) is 136 Å². The summed E-state index contributed by atoms with van der Waals surface area (Å²) in [6.45, 7) is 5.24. The molecule has 13 nitrogen and oxygen atoms in total. The largest absolute Gasteiger partial charge is 0.465 e. The van der Waals surface area contributed by atoms with Gasteiger partial charge in [0.15, 0.2) is 11.5 Å². The van der Waals surface area contributed by atoms with Gasteiger partial charge in [0, 0.05) is 38.9 Å². The Bertz CT molecular complexity index is 1320. The van der Waals surface area contributed by atoms with Gasteiger partial charge in [-0.25, -0.2) is 9.97 Å². The molecular weight excluding hydrogens is 506 g/mol. The number of esters is 1. The maximum Gasteiger partial charge on any atom is 0.353 e. The van der Waals surface area contributed by atoms with E-state index in [0.29, 0.717) is 31.9 Å². The fourth-order valence-electron chi connectivity index (χ4n) is 4.66. The number of hydrogen-bond acceptors (Lipinski definition) is 12. The Morgan fingerprint density at radius 2 is 1.92 bits per heavy atom. The minimum atomic E-state index is -0.514. The summed E-state index contributed by atoms with van der Waals surface area (Å²) in [7, 11) is 0. The molecule has 0 aliphatic carbocycles. The van der Waals surface area contributed by atoms with Crippen LogP contribution >= 0.6 is 0 Å². The number of nitrogens with zero attached hydrogens (tertiary/aromatic N) is 7. The van der Waals surface area contributed by atoms with Crippen LogP contribution in [0.5, 0.6) is 11.5 Å². The lowest BCUT2D eigenvalue weighted by atomic mass is 10.1. The van der Waals surface area contributed by atoms with Crippen LogP contribution in [0.3, 0.4) is 0 Å². The summed E-state index contributed by atoms with van der Waals surface area (Å²) in [4.78, 5) is 42.8. The predicted molar refractivity (Wildman–Crippen MR) is 141 cm³/mol. The van der Waals surface area contributed by atoms with E-state index in [-0.39, 0.29) is 43.8 Å². The standard InChI is InChI=1S/C26H29N7O6/c1-2-37-23(34)16-32(15-20-5-3-4-8-27-20)26-24(33(35)36)25(28-17-29-26)31-11-9-30(10-12-31)14-19-6-7-21-22(13-19)39-18-38-21/h3-8,13,17H,2,9-12,14-16,18H2,1H3. The Morgan fingerprint density at radius 3 is 2.67 bits per heavy atom. The lowest BCUT2D eigenvalue weighted by Gasteiger charge is -2.35. The molecule has 2 aromatic heterocycles. The first-order valence-corrected chi connectivity index (χ1v) is 12.7. The molecule has 0 atom stereocenters. The van der Waals surface area contributed by atoms with Gasteiger partial charge in [0.2, 0.25) is 18.4 Å². The zero-order valence-electron chi connectivity index (χ0n) is 21.6. The number of aromatic nitrogens is 3. The maximum absolute atomic E-state index is 12.4. The van der Waals surface area contributed by atoms with Crippen LogP contribution in [0.25, 0.3) is 0 Å². The number of ether oxygens (including phenoxy) is 3. The van der Waals surface area contributed by atoms with Crippen molar-refractivity contribution in [1.29, 1.82) is 0 Å². The zero-order valence-corrected chi connectivity index (χ0v) is 21.6. The molecule has 204 valence electrons. The SMILES string of the molecule is CCOC(=O)CN(Cc1ccccn1)c1ncnc(N2CCN(Cc3ccc4c(c3)OCO4)CC2)c1[N+](=O)[O-]. The monoisotopic (exact) mass is 535 g/mol. The number of pyridine rings is 1. The second kappa shape index (κ2) is 11.9. The lowest BCUT2D eigenvalue weighted by Crippen LogP contribution is -2.46. The third-order valence-electron chi connectivity index (χ3n) is 6.49. The number of hydrogen-bond donors (Lipinski definition) is 0. The molecule has 1 aromatic carbocycles. The molecule has 2 aliphatic rings. The average molecular weight is 536 g/mol. The van der Waals surface area contributed by atoms with Crippen LogP contribution < -0.4 is 19.3 Å². The third-order valence-corrected chi connectivity index (χ3v) is 6.49. The molecule has 5 rings (SSSR count). The van der Waals surface area contributed by atoms with Gasteiger partial charge in [-0.3, -0.25) is 24.8 Å². The molecule has 0 radical (unpaired) electrons. The minimum absolute atomic E-state index is 0.0477. The Morgan fingerprint density at radius 1 is 1.10 bits per heavy atom. The second-order valence-electron chi connectivity index (χ2n) is 9.06. The van der Waals surface area contributed by atoms with Crippen LogP contribution in [0.1, 0.15) is 18.2 Å². The van der Waals surface area contributed by atoms with Crippen LogP contribution in [0.15, 0.2) is 48.9 Å². The normalized spacial score (nSPS) is 14.7. The molecule has 1 fully saturated rings. The summed E-state index contributed by atoms with van der Waals surface area (Å²) in [6.07, 6.45) is 2.92. The van der Waals surface area contributed by atoms with Gasteiger partial charge in [-0.15, -0.1) is 0 Å². The molecule has 13 heteroatoms. The number of nitro groups is 1. The Balaban J connectivity index is 1.34. The Hall–Kier alpha value is -4.52. The molecule has 3 aromatic rings. The molecule has 2 aliphatic heterocycles. The molecule has 0 N–H and O–H groups in total. The van der Waals surface area contributed by atoms with E-state index in [2.05, 4.69) is 19.9 Å². The molecule has 39 heavy (non-hydrogen) atoms. The summed E-state index contributed by atoms with van der Waals surface area (Å²) in [5, 5.41) is 12.4. The van der Waals surface area contributed by atoms with Crippen molar-refractivity contribution in [3.8, 4) is 11.5 Å². The first-order chi connectivity index (χ1) is 19.0. The zero-order chi connectivity index (χ0) is 27.2. The van der Waals surface area contributed by atoms with Gasteiger partial charge in [-0.1, -0.05) is 12.1 Å². The number of carbonyl (C=O) groups is 1. The van der Waals surface area contributed by atoms with E-state index in [4.69, 9.17) is 14.2 Å². The smallest absolute Gasteiger partial charge is 0.353 e. The van der Waals surface area contributed by atoms with Crippen molar-refractivity contribution < 1.29 is 23.9 Å². The molecule has 0 unspecified atom stereocenters. The fourth-order valence-corrected chi connectivity index (χ4v) is 4.66. The highest BCUT2D eigenvalue weighted by Crippen LogP contribution is 2.36. The van der Waals surface area contributed by atoms with Gasteiger partial charge >= 0.3 is 11.7 Å². The van der Waals surface area contributed by atoms with Crippen molar-refractivity contribution in [2.24, 2.45) is 0 Å². The summed E-state index contributed by atoms with van der Waals surface area (Å²) in [5.74, 6) is 1.25.